The molecule has 110 valence electrons. The molecule has 0 aromatic heterocycles. The van der Waals surface area contributed by atoms with Gasteiger partial charge in [0.05, 0.1) is 11.0 Å². The lowest BCUT2D eigenvalue weighted by Crippen LogP contribution is -2.39. The van der Waals surface area contributed by atoms with E-state index in [2.05, 4.69) is 5.32 Å². The molecule has 2 saturated carbocycles. The molecular formula is C13H24N2O3S. The zero-order valence-electron chi connectivity index (χ0n) is 11.3. The van der Waals surface area contributed by atoms with Crippen LogP contribution in [0.4, 0.5) is 0 Å². The van der Waals surface area contributed by atoms with Crippen LogP contribution in [0.2, 0.25) is 0 Å². The van der Waals surface area contributed by atoms with E-state index in [0.29, 0.717) is 12.5 Å². The van der Waals surface area contributed by atoms with Gasteiger partial charge in [0, 0.05) is 19.0 Å². The fraction of sp³-hybridized carbons (Fsp3) is 0.923. The molecule has 2 fully saturated rings. The molecule has 0 radical (unpaired) electrons. The minimum absolute atomic E-state index is 0.0235. The number of nitrogens with two attached hydrogens (primary N) is 1. The average Bonchev–Trinajstić information content (AvgIpc) is 3.07. The second-order valence-electron chi connectivity index (χ2n) is 5.83. The molecule has 1 amide bonds. The van der Waals surface area contributed by atoms with E-state index in [1.54, 1.807) is 0 Å². The van der Waals surface area contributed by atoms with Crippen LogP contribution in [-0.4, -0.2) is 37.9 Å². The van der Waals surface area contributed by atoms with Gasteiger partial charge in [0.1, 0.15) is 0 Å². The molecule has 0 aliphatic heterocycles. The van der Waals surface area contributed by atoms with E-state index in [4.69, 9.17) is 5.73 Å². The van der Waals surface area contributed by atoms with Crippen LogP contribution in [0.25, 0.3) is 0 Å². The summed E-state index contributed by atoms with van der Waals surface area (Å²) in [5, 5.41) is 2.52. The van der Waals surface area contributed by atoms with Gasteiger partial charge in [-0.25, -0.2) is 8.42 Å². The summed E-state index contributed by atoms with van der Waals surface area (Å²) in [4.78, 5) is 11.6. The van der Waals surface area contributed by atoms with E-state index in [1.807, 2.05) is 0 Å². The molecule has 0 spiro atoms. The van der Waals surface area contributed by atoms with Gasteiger partial charge in [-0.05, 0) is 31.6 Å². The minimum Gasteiger partial charge on any atom is -0.355 e. The number of hydrogen-bond donors (Lipinski definition) is 2. The van der Waals surface area contributed by atoms with Gasteiger partial charge in [0.15, 0.2) is 9.84 Å². The SMILES string of the molecule is NC(CNC(=O)CCS(=O)(=O)C1CCCC1)C1CC1. The maximum absolute atomic E-state index is 12.0. The first kappa shape index (κ1) is 14.8. The van der Waals surface area contributed by atoms with Crippen LogP contribution < -0.4 is 11.1 Å². The average molecular weight is 288 g/mol. The first-order chi connectivity index (χ1) is 8.99. The van der Waals surface area contributed by atoms with E-state index < -0.39 is 9.84 Å². The van der Waals surface area contributed by atoms with Crippen molar-refractivity contribution in [3.8, 4) is 0 Å². The number of amides is 1. The third kappa shape index (κ3) is 4.45. The highest BCUT2D eigenvalue weighted by Crippen LogP contribution is 2.31. The Balaban J connectivity index is 1.67. The van der Waals surface area contributed by atoms with Crippen LogP contribution in [0.15, 0.2) is 0 Å². The number of carbonyl (C=O) groups is 1. The topological polar surface area (TPSA) is 89.3 Å². The highest BCUT2D eigenvalue weighted by atomic mass is 32.2. The quantitative estimate of drug-likeness (QED) is 0.717. The van der Waals surface area contributed by atoms with Crippen molar-refractivity contribution in [2.75, 3.05) is 12.3 Å². The summed E-state index contributed by atoms with van der Waals surface area (Å²) in [6, 6.07) is 0.0235. The molecule has 5 nitrogen and oxygen atoms in total. The molecular weight excluding hydrogens is 264 g/mol. The maximum Gasteiger partial charge on any atom is 0.221 e. The lowest BCUT2D eigenvalue weighted by atomic mass is 10.2. The minimum atomic E-state index is -3.09. The van der Waals surface area contributed by atoms with Crippen molar-refractivity contribution in [3.05, 3.63) is 0 Å². The van der Waals surface area contributed by atoms with Gasteiger partial charge in [-0.3, -0.25) is 4.79 Å². The van der Waals surface area contributed by atoms with Crippen LogP contribution in [0, 0.1) is 5.92 Å². The highest BCUT2D eigenvalue weighted by molar-refractivity contribution is 7.92. The standard InChI is InChI=1S/C13H24N2O3S/c14-12(10-5-6-10)9-15-13(16)7-8-19(17,18)11-3-1-2-4-11/h10-12H,1-9,14H2,(H,15,16). The van der Waals surface area contributed by atoms with Gasteiger partial charge in [0.2, 0.25) is 5.91 Å². The van der Waals surface area contributed by atoms with Crippen molar-refractivity contribution in [1.29, 1.82) is 0 Å². The number of rotatable bonds is 7. The predicted molar refractivity (Wildman–Crippen MR) is 74.4 cm³/mol. The van der Waals surface area contributed by atoms with Gasteiger partial charge in [-0.15, -0.1) is 0 Å². The molecule has 0 aromatic carbocycles. The van der Waals surface area contributed by atoms with Crippen LogP contribution in [0.5, 0.6) is 0 Å². The van der Waals surface area contributed by atoms with Gasteiger partial charge < -0.3 is 11.1 Å². The summed E-state index contributed by atoms with van der Waals surface area (Å²) < 4.78 is 24.0. The third-order valence-electron chi connectivity index (χ3n) is 4.19. The summed E-state index contributed by atoms with van der Waals surface area (Å²) in [6.07, 6.45) is 5.86. The van der Waals surface area contributed by atoms with Gasteiger partial charge in [-0.2, -0.15) is 0 Å². The predicted octanol–water partition coefficient (Wildman–Crippen LogP) is 0.587. The van der Waals surface area contributed by atoms with Crippen LogP contribution in [-0.2, 0) is 14.6 Å². The smallest absolute Gasteiger partial charge is 0.221 e. The number of carbonyl (C=O) groups excluding carboxylic acids is 1. The second-order valence-corrected chi connectivity index (χ2v) is 8.23. The largest absolute Gasteiger partial charge is 0.355 e. The number of hydrogen-bond acceptors (Lipinski definition) is 4. The molecule has 0 bridgehead atoms. The molecule has 2 rings (SSSR count). The van der Waals surface area contributed by atoms with Crippen molar-refractivity contribution in [3.63, 3.8) is 0 Å². The molecule has 6 heteroatoms. The van der Waals surface area contributed by atoms with Crippen molar-refractivity contribution < 1.29 is 13.2 Å². The summed E-state index contributed by atoms with van der Waals surface area (Å²) >= 11 is 0. The normalized spacial score (nSPS) is 22.4. The Labute approximate surface area is 115 Å². The Kier molecular flexibility index (Phi) is 4.84. The Morgan fingerprint density at radius 3 is 2.42 bits per heavy atom. The Morgan fingerprint density at radius 1 is 1.21 bits per heavy atom. The van der Waals surface area contributed by atoms with Crippen LogP contribution >= 0.6 is 0 Å². The summed E-state index contributed by atoms with van der Waals surface area (Å²) in [7, 11) is -3.09. The van der Waals surface area contributed by atoms with Crippen molar-refractivity contribution in [1.82, 2.24) is 5.32 Å². The summed E-state index contributed by atoms with van der Waals surface area (Å²) in [6.45, 7) is 0.465. The Hall–Kier alpha value is -0.620. The molecule has 2 aliphatic carbocycles. The first-order valence-electron chi connectivity index (χ1n) is 7.23. The first-order valence-corrected chi connectivity index (χ1v) is 8.94. The summed E-state index contributed by atoms with van der Waals surface area (Å²) in [5.41, 5.74) is 5.88. The lowest BCUT2D eigenvalue weighted by Gasteiger charge is -2.13. The van der Waals surface area contributed by atoms with Crippen molar-refractivity contribution in [2.24, 2.45) is 11.7 Å². The van der Waals surface area contributed by atoms with Crippen LogP contribution in [0.3, 0.4) is 0 Å². The Morgan fingerprint density at radius 2 is 1.84 bits per heavy atom. The molecule has 1 atom stereocenters. The molecule has 2 aliphatic rings. The van der Waals surface area contributed by atoms with Crippen LogP contribution in [0.1, 0.15) is 44.9 Å². The van der Waals surface area contributed by atoms with E-state index in [0.717, 1.165) is 38.5 Å². The van der Waals surface area contributed by atoms with Crippen molar-refractivity contribution >= 4 is 15.7 Å². The molecule has 1 unspecified atom stereocenters. The molecule has 19 heavy (non-hydrogen) atoms. The van der Waals surface area contributed by atoms with E-state index in [1.165, 1.54) is 0 Å². The third-order valence-corrected chi connectivity index (χ3v) is 6.45. The molecule has 0 saturated heterocycles. The van der Waals surface area contributed by atoms with Crippen molar-refractivity contribution in [2.45, 2.75) is 56.2 Å². The second kappa shape index (κ2) is 6.22. The number of nitrogens with one attached hydrogen (secondary N) is 1. The van der Waals surface area contributed by atoms with E-state index >= 15 is 0 Å². The monoisotopic (exact) mass is 288 g/mol. The zero-order valence-corrected chi connectivity index (χ0v) is 12.1. The zero-order chi connectivity index (χ0) is 13.9. The summed E-state index contributed by atoms with van der Waals surface area (Å²) in [5.74, 6) is 0.322. The maximum atomic E-state index is 12.0. The van der Waals surface area contributed by atoms with E-state index in [-0.39, 0.29) is 29.4 Å². The van der Waals surface area contributed by atoms with Gasteiger partial charge in [-0.1, -0.05) is 12.8 Å². The van der Waals surface area contributed by atoms with Gasteiger partial charge in [0.25, 0.3) is 0 Å². The highest BCUT2D eigenvalue weighted by Gasteiger charge is 2.30. The Bertz CT molecular complexity index is 412. The molecule has 0 aromatic rings. The van der Waals surface area contributed by atoms with Gasteiger partial charge >= 0.3 is 0 Å². The number of sulfone groups is 1. The molecule has 3 N–H and O–H groups in total. The lowest BCUT2D eigenvalue weighted by molar-refractivity contribution is -0.120. The fourth-order valence-electron chi connectivity index (χ4n) is 2.66. The fourth-order valence-corrected chi connectivity index (χ4v) is 4.52. The molecule has 0 heterocycles. The van der Waals surface area contributed by atoms with E-state index in [9.17, 15) is 13.2 Å².